The molecule has 0 radical (unpaired) electrons. The van der Waals surface area contributed by atoms with E-state index in [0.29, 0.717) is 11.7 Å². The van der Waals surface area contributed by atoms with Crippen LogP contribution in [0, 0.1) is 40.2 Å². The van der Waals surface area contributed by atoms with E-state index in [2.05, 4.69) is 10.8 Å². The van der Waals surface area contributed by atoms with E-state index in [0.717, 1.165) is 43.5 Å². The normalized spacial score (nSPS) is 24.6. The Hall–Kier alpha value is -2.22. The van der Waals surface area contributed by atoms with Gasteiger partial charge in [-0.3, -0.25) is 10.1 Å². The Balaban J connectivity index is 1.66. The number of terminal acetylenes is 1. The van der Waals surface area contributed by atoms with Gasteiger partial charge in [0.25, 0.3) is 0 Å². The number of nitro groups is 1. The first-order valence-electron chi connectivity index (χ1n) is 7.67. The van der Waals surface area contributed by atoms with Crippen LogP contribution in [0.25, 0.3) is 0 Å². The molecule has 1 aliphatic heterocycles. The molecule has 0 spiro atoms. The zero-order chi connectivity index (χ0) is 15.7. The molecule has 22 heavy (non-hydrogen) atoms. The van der Waals surface area contributed by atoms with Crippen LogP contribution in [0.2, 0.25) is 0 Å². The molecule has 1 saturated heterocycles. The fourth-order valence-corrected chi connectivity index (χ4v) is 3.53. The lowest BCUT2D eigenvalue weighted by molar-refractivity contribution is -0.385. The number of nitro benzene ring substituents is 1. The lowest BCUT2D eigenvalue weighted by Gasteiger charge is -2.34. The van der Waals surface area contributed by atoms with Gasteiger partial charge >= 0.3 is 5.69 Å². The third kappa shape index (κ3) is 2.74. The van der Waals surface area contributed by atoms with Crippen LogP contribution < -0.4 is 9.64 Å². The molecule has 3 rings (SSSR count). The molecule has 2 aliphatic rings. The molecule has 1 aromatic rings. The van der Waals surface area contributed by atoms with Crippen LogP contribution >= 0.6 is 0 Å². The average Bonchev–Trinajstić information content (AvgIpc) is 3.34. The molecular formula is C17H20N2O3. The summed E-state index contributed by atoms with van der Waals surface area (Å²) in [6.45, 7) is 1.94. The summed E-state index contributed by atoms with van der Waals surface area (Å²) in [5.74, 6) is 5.14. The average molecular weight is 300 g/mol. The van der Waals surface area contributed by atoms with Crippen LogP contribution in [0.1, 0.15) is 19.3 Å². The highest BCUT2D eigenvalue weighted by atomic mass is 16.6. The molecular weight excluding hydrogens is 280 g/mol. The van der Waals surface area contributed by atoms with Crippen molar-refractivity contribution in [3.05, 3.63) is 28.3 Å². The first-order chi connectivity index (χ1) is 10.6. The van der Waals surface area contributed by atoms with E-state index >= 15 is 0 Å². The highest BCUT2D eigenvalue weighted by Crippen LogP contribution is 2.47. The Kier molecular flexibility index (Phi) is 3.93. The first kappa shape index (κ1) is 14.7. The third-order valence-electron chi connectivity index (χ3n) is 4.92. The fraction of sp³-hybridized carbons (Fsp3) is 0.529. The van der Waals surface area contributed by atoms with Crippen LogP contribution in [-0.2, 0) is 0 Å². The Bertz CT molecular complexity index is 615. The van der Waals surface area contributed by atoms with Gasteiger partial charge < -0.3 is 9.64 Å². The molecule has 116 valence electrons. The third-order valence-corrected chi connectivity index (χ3v) is 4.92. The van der Waals surface area contributed by atoms with Crippen LogP contribution in [0.5, 0.6) is 5.75 Å². The zero-order valence-corrected chi connectivity index (χ0v) is 12.7. The summed E-state index contributed by atoms with van der Waals surface area (Å²) in [4.78, 5) is 12.8. The Morgan fingerprint density at radius 1 is 1.41 bits per heavy atom. The molecule has 0 amide bonds. The predicted octanol–water partition coefficient (Wildman–Crippen LogP) is 3.09. The van der Waals surface area contributed by atoms with Gasteiger partial charge in [0, 0.05) is 36.8 Å². The van der Waals surface area contributed by atoms with Crippen LogP contribution in [-0.4, -0.2) is 25.1 Å². The van der Waals surface area contributed by atoms with E-state index in [-0.39, 0.29) is 5.69 Å². The Morgan fingerprint density at radius 3 is 2.68 bits per heavy atom. The van der Waals surface area contributed by atoms with Crippen molar-refractivity contribution >= 4 is 11.4 Å². The zero-order valence-electron chi connectivity index (χ0n) is 12.7. The van der Waals surface area contributed by atoms with Crippen molar-refractivity contribution in [1.82, 2.24) is 0 Å². The molecule has 1 aromatic carbocycles. The van der Waals surface area contributed by atoms with Crippen molar-refractivity contribution in [2.75, 3.05) is 25.1 Å². The summed E-state index contributed by atoms with van der Waals surface area (Å²) in [7, 11) is 1.46. The van der Waals surface area contributed by atoms with Gasteiger partial charge in [0.15, 0.2) is 5.75 Å². The van der Waals surface area contributed by atoms with Crippen LogP contribution in [0.4, 0.5) is 11.4 Å². The number of benzene rings is 1. The van der Waals surface area contributed by atoms with Crippen LogP contribution in [0.3, 0.4) is 0 Å². The second kappa shape index (κ2) is 5.88. The predicted molar refractivity (Wildman–Crippen MR) is 85.0 cm³/mol. The smallest absolute Gasteiger partial charge is 0.311 e. The second-order valence-corrected chi connectivity index (χ2v) is 6.11. The van der Waals surface area contributed by atoms with Gasteiger partial charge in [-0.1, -0.05) is 0 Å². The van der Waals surface area contributed by atoms with Crippen molar-refractivity contribution in [3.8, 4) is 18.1 Å². The van der Waals surface area contributed by atoms with E-state index in [4.69, 9.17) is 11.2 Å². The molecule has 1 saturated carbocycles. The van der Waals surface area contributed by atoms with Gasteiger partial charge in [-0.2, -0.15) is 0 Å². The Labute approximate surface area is 130 Å². The summed E-state index contributed by atoms with van der Waals surface area (Å²) in [5.41, 5.74) is 1.00. The quantitative estimate of drug-likeness (QED) is 0.487. The van der Waals surface area contributed by atoms with Crippen molar-refractivity contribution in [1.29, 1.82) is 0 Å². The molecule has 2 fully saturated rings. The minimum atomic E-state index is -0.415. The standard InChI is InChI=1S/C17H20N2O3/c1-3-12-10-15(12)13-6-8-18(9-7-13)14-4-5-16(19(20)21)17(11-14)22-2/h1,4-5,11-13,15H,6-10H2,2H3/t12-,15-/m0/s1. The number of ether oxygens (including phenoxy) is 1. The van der Waals surface area contributed by atoms with Crippen molar-refractivity contribution in [2.24, 2.45) is 17.8 Å². The molecule has 1 heterocycles. The largest absolute Gasteiger partial charge is 0.490 e. The van der Waals surface area contributed by atoms with Gasteiger partial charge in [-0.05, 0) is 37.2 Å². The number of piperidine rings is 1. The van der Waals surface area contributed by atoms with Crippen LogP contribution in [0.15, 0.2) is 18.2 Å². The highest BCUT2D eigenvalue weighted by Gasteiger charge is 2.42. The number of methoxy groups -OCH3 is 1. The molecule has 0 bridgehead atoms. The lowest BCUT2D eigenvalue weighted by atomic mass is 9.90. The molecule has 5 nitrogen and oxygen atoms in total. The number of hydrogen-bond acceptors (Lipinski definition) is 4. The second-order valence-electron chi connectivity index (χ2n) is 6.11. The number of nitrogens with zero attached hydrogens (tertiary/aromatic N) is 2. The maximum Gasteiger partial charge on any atom is 0.311 e. The summed E-state index contributed by atoms with van der Waals surface area (Å²) < 4.78 is 5.15. The minimum absolute atomic E-state index is 0.0102. The van der Waals surface area contributed by atoms with E-state index in [1.165, 1.54) is 19.6 Å². The maximum atomic E-state index is 10.9. The van der Waals surface area contributed by atoms with E-state index in [1.807, 2.05) is 6.07 Å². The van der Waals surface area contributed by atoms with Gasteiger partial charge in [0.2, 0.25) is 0 Å². The number of anilines is 1. The lowest BCUT2D eigenvalue weighted by Crippen LogP contribution is -2.34. The van der Waals surface area contributed by atoms with E-state index in [1.54, 1.807) is 6.07 Å². The topological polar surface area (TPSA) is 55.6 Å². The van der Waals surface area contributed by atoms with Gasteiger partial charge in [0.05, 0.1) is 12.0 Å². The highest BCUT2D eigenvalue weighted by molar-refractivity contribution is 5.59. The maximum absolute atomic E-state index is 10.9. The fourth-order valence-electron chi connectivity index (χ4n) is 3.53. The van der Waals surface area contributed by atoms with Crippen molar-refractivity contribution < 1.29 is 9.66 Å². The first-order valence-corrected chi connectivity index (χ1v) is 7.67. The number of rotatable bonds is 4. The monoisotopic (exact) mass is 300 g/mol. The summed E-state index contributed by atoms with van der Waals surface area (Å²) in [5, 5.41) is 10.9. The van der Waals surface area contributed by atoms with Crippen molar-refractivity contribution in [3.63, 3.8) is 0 Å². The SMILES string of the molecule is C#C[C@H]1C[C@@H]1C1CCN(c2ccc([N+](=O)[O-])c(OC)c2)CC1. The molecule has 1 aliphatic carbocycles. The summed E-state index contributed by atoms with van der Waals surface area (Å²) in [6.07, 6.45) is 8.96. The summed E-state index contributed by atoms with van der Waals surface area (Å²) in [6, 6.07) is 5.09. The minimum Gasteiger partial charge on any atom is -0.490 e. The molecule has 0 aromatic heterocycles. The van der Waals surface area contributed by atoms with E-state index in [9.17, 15) is 10.1 Å². The van der Waals surface area contributed by atoms with Gasteiger partial charge in [-0.15, -0.1) is 12.3 Å². The molecule has 5 heteroatoms. The molecule has 2 atom stereocenters. The van der Waals surface area contributed by atoms with Gasteiger partial charge in [-0.25, -0.2) is 0 Å². The molecule has 0 unspecified atom stereocenters. The van der Waals surface area contributed by atoms with Gasteiger partial charge in [0.1, 0.15) is 0 Å². The van der Waals surface area contributed by atoms with E-state index < -0.39 is 4.92 Å². The molecule has 0 N–H and O–H groups in total. The number of hydrogen-bond donors (Lipinski definition) is 0. The Morgan fingerprint density at radius 2 is 2.14 bits per heavy atom. The van der Waals surface area contributed by atoms with Crippen molar-refractivity contribution in [2.45, 2.75) is 19.3 Å². The summed E-state index contributed by atoms with van der Waals surface area (Å²) >= 11 is 0.